The summed E-state index contributed by atoms with van der Waals surface area (Å²) in [4.78, 5) is 56.3. The van der Waals surface area contributed by atoms with Gasteiger partial charge in [0.15, 0.2) is 0 Å². The van der Waals surface area contributed by atoms with Crippen LogP contribution in [0.5, 0.6) is 5.75 Å². The van der Waals surface area contributed by atoms with Crippen LogP contribution in [0.3, 0.4) is 0 Å². The van der Waals surface area contributed by atoms with E-state index in [1.807, 2.05) is 4.90 Å². The Morgan fingerprint density at radius 1 is 0.906 bits per heavy atom. The Kier molecular flexibility index (Phi) is 6.45. The number of hydrogen-bond acceptors (Lipinski definition) is 6. The molecular weight excluding hydrogens is 416 g/mol. The van der Waals surface area contributed by atoms with E-state index in [0.29, 0.717) is 56.3 Å². The molecule has 0 bridgehead atoms. The summed E-state index contributed by atoms with van der Waals surface area (Å²) in [6.07, 6.45) is 0.177. The molecule has 0 aromatic heterocycles. The Morgan fingerprint density at radius 3 is 2.22 bits per heavy atom. The molecule has 3 fully saturated rings. The predicted molar refractivity (Wildman–Crippen MR) is 116 cm³/mol. The molecule has 0 radical (unpaired) electrons. The maximum Gasteiger partial charge on any atom is 0.328 e. The number of urea groups is 2. The second-order valence-electron chi connectivity index (χ2n) is 7.94. The Morgan fingerprint density at radius 2 is 1.56 bits per heavy atom. The van der Waals surface area contributed by atoms with E-state index in [4.69, 9.17) is 4.74 Å². The van der Waals surface area contributed by atoms with Crippen LogP contribution < -0.4 is 20.3 Å². The van der Waals surface area contributed by atoms with Crippen LogP contribution in [-0.4, -0.2) is 105 Å². The molecular formula is C21H28N6O5. The van der Waals surface area contributed by atoms with Gasteiger partial charge in [-0.15, -0.1) is 0 Å². The average Bonchev–Trinajstić information content (AvgIpc) is 2.83. The maximum absolute atomic E-state index is 13.1. The maximum atomic E-state index is 13.1. The van der Waals surface area contributed by atoms with Crippen molar-refractivity contribution in [2.75, 3.05) is 70.9 Å². The number of carbonyl (C=O) groups is 4. The van der Waals surface area contributed by atoms with Crippen molar-refractivity contribution in [2.24, 2.45) is 0 Å². The molecule has 0 saturated carbocycles. The fraction of sp³-hybridized carbons (Fsp3) is 0.524. The third kappa shape index (κ3) is 4.47. The quantitative estimate of drug-likeness (QED) is 0.674. The SMILES string of the molecule is COc1ccc(C(=O)N2CCN(C(=O)N3CCNCC3)CC2)cc1N1CCC(=O)NC1=O. The summed E-state index contributed by atoms with van der Waals surface area (Å²) in [5.41, 5.74) is 0.864. The zero-order chi connectivity index (χ0) is 22.7. The molecule has 1 aromatic carbocycles. The highest BCUT2D eigenvalue weighted by molar-refractivity contribution is 6.07. The number of anilines is 1. The highest BCUT2D eigenvalue weighted by Gasteiger charge is 2.30. The summed E-state index contributed by atoms with van der Waals surface area (Å²) >= 11 is 0. The van der Waals surface area contributed by atoms with Gasteiger partial charge in [0.05, 0.1) is 12.8 Å². The minimum absolute atomic E-state index is 0.0241. The monoisotopic (exact) mass is 444 g/mol. The van der Waals surface area contributed by atoms with Gasteiger partial charge >= 0.3 is 12.1 Å². The number of amides is 6. The van der Waals surface area contributed by atoms with Gasteiger partial charge in [-0.1, -0.05) is 0 Å². The number of rotatable bonds is 3. The van der Waals surface area contributed by atoms with E-state index in [0.717, 1.165) is 13.1 Å². The molecule has 3 heterocycles. The number of nitrogens with zero attached hydrogens (tertiary/aromatic N) is 4. The molecule has 4 rings (SSSR count). The molecule has 11 heteroatoms. The van der Waals surface area contributed by atoms with E-state index in [-0.39, 0.29) is 30.8 Å². The fourth-order valence-corrected chi connectivity index (χ4v) is 4.17. The van der Waals surface area contributed by atoms with Crippen molar-refractivity contribution < 1.29 is 23.9 Å². The van der Waals surface area contributed by atoms with E-state index in [1.165, 1.54) is 12.0 Å². The largest absolute Gasteiger partial charge is 0.495 e. The molecule has 172 valence electrons. The van der Waals surface area contributed by atoms with Gasteiger partial charge in [0.25, 0.3) is 5.91 Å². The predicted octanol–water partition coefficient (Wildman–Crippen LogP) is -0.0755. The summed E-state index contributed by atoms with van der Waals surface area (Å²) in [6, 6.07) is 4.42. The van der Waals surface area contributed by atoms with E-state index in [2.05, 4.69) is 10.6 Å². The van der Waals surface area contributed by atoms with Crippen molar-refractivity contribution in [2.45, 2.75) is 6.42 Å². The fourth-order valence-electron chi connectivity index (χ4n) is 4.17. The van der Waals surface area contributed by atoms with Crippen LogP contribution >= 0.6 is 0 Å². The lowest BCUT2D eigenvalue weighted by atomic mass is 10.1. The number of ether oxygens (including phenoxy) is 1. The third-order valence-electron chi connectivity index (χ3n) is 6.00. The Balaban J connectivity index is 1.43. The first-order chi connectivity index (χ1) is 15.5. The molecule has 3 aliphatic heterocycles. The minimum Gasteiger partial charge on any atom is -0.495 e. The topological polar surface area (TPSA) is 115 Å². The van der Waals surface area contributed by atoms with Crippen LogP contribution in [0.25, 0.3) is 0 Å². The van der Waals surface area contributed by atoms with Crippen molar-refractivity contribution in [3.8, 4) is 5.75 Å². The molecule has 0 aliphatic carbocycles. The summed E-state index contributed by atoms with van der Waals surface area (Å²) < 4.78 is 5.37. The molecule has 6 amide bonds. The number of nitrogens with one attached hydrogen (secondary N) is 2. The Labute approximate surface area is 186 Å². The number of benzene rings is 1. The van der Waals surface area contributed by atoms with Crippen molar-refractivity contribution in [3.63, 3.8) is 0 Å². The molecule has 32 heavy (non-hydrogen) atoms. The van der Waals surface area contributed by atoms with Gasteiger partial charge in [-0.25, -0.2) is 9.59 Å². The molecule has 2 N–H and O–H groups in total. The standard InChI is InChI=1S/C21H28N6O5/c1-32-17-3-2-15(14-16(17)27-7-4-18(28)23-20(27)30)19(29)24-10-12-26(13-11-24)21(31)25-8-5-22-6-9-25/h2-3,14,22H,4-13H2,1H3,(H,23,28,30). The minimum atomic E-state index is -0.538. The van der Waals surface area contributed by atoms with Gasteiger partial charge in [0.1, 0.15) is 5.75 Å². The van der Waals surface area contributed by atoms with Gasteiger partial charge in [0, 0.05) is 70.9 Å². The number of methoxy groups -OCH3 is 1. The van der Waals surface area contributed by atoms with Crippen molar-refractivity contribution in [3.05, 3.63) is 23.8 Å². The zero-order valence-corrected chi connectivity index (χ0v) is 18.1. The lowest BCUT2D eigenvalue weighted by molar-refractivity contribution is -0.120. The van der Waals surface area contributed by atoms with Crippen LogP contribution in [0.4, 0.5) is 15.3 Å². The van der Waals surface area contributed by atoms with Crippen LogP contribution in [0.2, 0.25) is 0 Å². The average molecular weight is 444 g/mol. The normalized spacial score (nSPS) is 19.7. The van der Waals surface area contributed by atoms with Crippen LogP contribution in [-0.2, 0) is 4.79 Å². The molecule has 0 spiro atoms. The summed E-state index contributed by atoms with van der Waals surface area (Å²) in [5.74, 6) is -0.0557. The van der Waals surface area contributed by atoms with Crippen molar-refractivity contribution >= 4 is 29.6 Å². The second kappa shape index (κ2) is 9.43. The van der Waals surface area contributed by atoms with Gasteiger partial charge < -0.3 is 24.8 Å². The molecule has 3 saturated heterocycles. The van der Waals surface area contributed by atoms with E-state index >= 15 is 0 Å². The van der Waals surface area contributed by atoms with Gasteiger partial charge in [0.2, 0.25) is 5.91 Å². The van der Waals surface area contributed by atoms with E-state index in [1.54, 1.807) is 28.0 Å². The Hall–Kier alpha value is -3.34. The van der Waals surface area contributed by atoms with Crippen molar-refractivity contribution in [1.82, 2.24) is 25.3 Å². The highest BCUT2D eigenvalue weighted by atomic mass is 16.5. The summed E-state index contributed by atoms with van der Waals surface area (Å²) in [5, 5.41) is 5.52. The molecule has 3 aliphatic rings. The van der Waals surface area contributed by atoms with Gasteiger partial charge in [-0.05, 0) is 18.2 Å². The molecule has 11 nitrogen and oxygen atoms in total. The van der Waals surface area contributed by atoms with Crippen LogP contribution in [0.15, 0.2) is 18.2 Å². The Bertz CT molecular complexity index is 908. The van der Waals surface area contributed by atoms with Gasteiger partial charge in [-0.3, -0.25) is 19.8 Å². The smallest absolute Gasteiger partial charge is 0.328 e. The van der Waals surface area contributed by atoms with E-state index < -0.39 is 6.03 Å². The zero-order valence-electron chi connectivity index (χ0n) is 18.1. The van der Waals surface area contributed by atoms with Crippen LogP contribution in [0.1, 0.15) is 16.8 Å². The van der Waals surface area contributed by atoms with Crippen LogP contribution in [0, 0.1) is 0 Å². The lowest BCUT2D eigenvalue weighted by Gasteiger charge is -2.38. The lowest BCUT2D eigenvalue weighted by Crippen LogP contribution is -2.57. The first-order valence-electron chi connectivity index (χ1n) is 10.8. The highest BCUT2D eigenvalue weighted by Crippen LogP contribution is 2.31. The summed E-state index contributed by atoms with van der Waals surface area (Å²) in [7, 11) is 1.49. The van der Waals surface area contributed by atoms with Gasteiger partial charge in [-0.2, -0.15) is 0 Å². The summed E-state index contributed by atoms with van der Waals surface area (Å²) in [6.45, 7) is 5.05. The first-order valence-corrected chi connectivity index (χ1v) is 10.8. The third-order valence-corrected chi connectivity index (χ3v) is 6.00. The molecule has 1 aromatic rings. The van der Waals surface area contributed by atoms with E-state index in [9.17, 15) is 19.2 Å². The van der Waals surface area contributed by atoms with Crippen molar-refractivity contribution in [1.29, 1.82) is 0 Å². The number of imide groups is 1. The molecule has 0 atom stereocenters. The second-order valence-corrected chi connectivity index (χ2v) is 7.94. The number of piperazine rings is 2. The number of hydrogen-bond donors (Lipinski definition) is 2. The number of carbonyl (C=O) groups excluding carboxylic acids is 4. The first kappa shape index (κ1) is 21.9. The molecule has 0 unspecified atom stereocenters.